The second-order valence-corrected chi connectivity index (χ2v) is 5.00. The van der Waals surface area contributed by atoms with Gasteiger partial charge in [-0.25, -0.2) is 4.79 Å². The quantitative estimate of drug-likeness (QED) is 0.648. The minimum absolute atomic E-state index is 0. The predicted octanol–water partition coefficient (Wildman–Crippen LogP) is 0.829. The number of aromatic carboxylic acids is 1. The molecule has 0 aliphatic carbocycles. The molecule has 0 radical (unpaired) electrons. The van der Waals surface area contributed by atoms with Crippen molar-refractivity contribution in [2.24, 2.45) is 0 Å². The Hall–Kier alpha value is -0.390. The zero-order valence-corrected chi connectivity index (χ0v) is 13.5. The monoisotopic (exact) mass is 285 g/mol. The molecule has 1 N–H and O–H groups in total. The molecule has 2 aromatic rings. The van der Waals surface area contributed by atoms with Crippen LogP contribution in [0.1, 0.15) is 10.4 Å². The number of benzene rings is 2. The number of carbonyl (C=O) groups is 1. The molecular formula is C13H10NaO2S2+. The van der Waals surface area contributed by atoms with Gasteiger partial charge in [-0.05, 0) is 30.3 Å². The van der Waals surface area contributed by atoms with Gasteiger partial charge in [-0.1, -0.05) is 30.0 Å². The molecule has 18 heavy (non-hydrogen) atoms. The zero-order valence-electron chi connectivity index (χ0n) is 9.83. The molecule has 0 saturated heterocycles. The summed E-state index contributed by atoms with van der Waals surface area (Å²) >= 11 is 5.84. The molecule has 0 aliphatic heterocycles. The molecule has 0 amide bonds. The van der Waals surface area contributed by atoms with Crippen LogP contribution in [-0.2, 0) is 0 Å². The van der Waals surface area contributed by atoms with E-state index in [0.717, 1.165) is 14.7 Å². The minimum atomic E-state index is -0.923. The molecule has 0 spiro atoms. The Morgan fingerprint density at radius 2 is 1.78 bits per heavy atom. The molecule has 0 heterocycles. The van der Waals surface area contributed by atoms with Crippen molar-refractivity contribution in [1.29, 1.82) is 0 Å². The zero-order chi connectivity index (χ0) is 12.3. The van der Waals surface area contributed by atoms with Crippen LogP contribution in [0.5, 0.6) is 0 Å². The van der Waals surface area contributed by atoms with Crippen LogP contribution in [0.15, 0.2) is 63.2 Å². The predicted molar refractivity (Wildman–Crippen MR) is 71.2 cm³/mol. The molecule has 0 aliphatic rings. The van der Waals surface area contributed by atoms with Crippen LogP contribution in [0.4, 0.5) is 0 Å². The Morgan fingerprint density at radius 1 is 1.11 bits per heavy atom. The fourth-order valence-electron chi connectivity index (χ4n) is 1.34. The molecule has 2 aromatic carbocycles. The number of hydrogen-bond acceptors (Lipinski definition) is 3. The van der Waals surface area contributed by atoms with Gasteiger partial charge in [0.25, 0.3) is 0 Å². The van der Waals surface area contributed by atoms with Crippen molar-refractivity contribution >= 4 is 30.4 Å². The van der Waals surface area contributed by atoms with Gasteiger partial charge in [-0.15, -0.1) is 12.6 Å². The number of carboxylic acid groups (broad SMARTS) is 1. The van der Waals surface area contributed by atoms with E-state index in [1.54, 1.807) is 18.2 Å². The van der Waals surface area contributed by atoms with Gasteiger partial charge in [0.05, 0.1) is 5.56 Å². The second-order valence-electron chi connectivity index (χ2n) is 3.40. The topological polar surface area (TPSA) is 37.3 Å². The van der Waals surface area contributed by atoms with E-state index >= 15 is 0 Å². The van der Waals surface area contributed by atoms with Crippen LogP contribution in [0.3, 0.4) is 0 Å². The summed E-state index contributed by atoms with van der Waals surface area (Å²) in [6.45, 7) is 0. The number of rotatable bonds is 3. The van der Waals surface area contributed by atoms with Gasteiger partial charge in [-0.2, -0.15) is 0 Å². The molecule has 2 rings (SSSR count). The molecule has 0 fully saturated rings. The van der Waals surface area contributed by atoms with Crippen LogP contribution in [0.25, 0.3) is 0 Å². The third kappa shape index (κ3) is 4.07. The first kappa shape index (κ1) is 15.7. The molecule has 0 bridgehead atoms. The van der Waals surface area contributed by atoms with Gasteiger partial charge in [0.15, 0.2) is 0 Å². The number of thiol groups is 1. The van der Waals surface area contributed by atoms with E-state index in [4.69, 9.17) is 5.11 Å². The smallest absolute Gasteiger partial charge is 0.478 e. The SMILES string of the molecule is O=C(O)c1ccc(S)c(Sc2ccccc2)c1.[Na+]. The summed E-state index contributed by atoms with van der Waals surface area (Å²) < 4.78 is 0. The summed E-state index contributed by atoms with van der Waals surface area (Å²) in [5.74, 6) is -0.923. The Balaban J connectivity index is 0.00000162. The fraction of sp³-hybridized carbons (Fsp3) is 0. The largest absolute Gasteiger partial charge is 1.00 e. The summed E-state index contributed by atoms with van der Waals surface area (Å²) in [5.41, 5.74) is 0.279. The maximum atomic E-state index is 10.9. The first-order chi connectivity index (χ1) is 8.16. The van der Waals surface area contributed by atoms with Crippen LogP contribution < -0.4 is 29.6 Å². The normalized spacial score (nSPS) is 9.61. The number of hydrogen-bond donors (Lipinski definition) is 2. The Kier molecular flexibility index (Phi) is 6.32. The van der Waals surface area contributed by atoms with Crippen molar-refractivity contribution in [3.63, 3.8) is 0 Å². The molecule has 0 saturated carbocycles. The van der Waals surface area contributed by atoms with Crippen molar-refractivity contribution in [1.82, 2.24) is 0 Å². The van der Waals surface area contributed by atoms with E-state index in [-0.39, 0.29) is 35.1 Å². The summed E-state index contributed by atoms with van der Waals surface area (Å²) in [7, 11) is 0. The first-order valence-electron chi connectivity index (χ1n) is 4.96. The van der Waals surface area contributed by atoms with Crippen molar-refractivity contribution < 1.29 is 39.5 Å². The third-order valence-electron chi connectivity index (χ3n) is 2.18. The van der Waals surface area contributed by atoms with E-state index < -0.39 is 5.97 Å². The van der Waals surface area contributed by atoms with Gasteiger partial charge in [0, 0.05) is 14.7 Å². The molecule has 0 unspecified atom stereocenters. The molecule has 86 valence electrons. The van der Waals surface area contributed by atoms with E-state index in [1.807, 2.05) is 30.3 Å². The summed E-state index contributed by atoms with van der Waals surface area (Å²) in [6.07, 6.45) is 0. The third-order valence-corrected chi connectivity index (χ3v) is 3.78. The Labute approximate surface area is 138 Å². The average molecular weight is 285 g/mol. The van der Waals surface area contributed by atoms with Gasteiger partial charge in [0.1, 0.15) is 0 Å². The van der Waals surface area contributed by atoms with E-state index in [2.05, 4.69) is 12.6 Å². The van der Waals surface area contributed by atoms with Crippen molar-refractivity contribution in [3.05, 3.63) is 54.1 Å². The van der Waals surface area contributed by atoms with Gasteiger partial charge in [-0.3, -0.25) is 0 Å². The number of carboxylic acids is 1. The molecule has 0 atom stereocenters. The summed E-state index contributed by atoms with van der Waals surface area (Å²) in [6, 6.07) is 14.7. The maximum absolute atomic E-state index is 10.9. The Morgan fingerprint density at radius 3 is 2.39 bits per heavy atom. The van der Waals surface area contributed by atoms with Gasteiger partial charge in [0.2, 0.25) is 0 Å². The van der Waals surface area contributed by atoms with Crippen LogP contribution in [0.2, 0.25) is 0 Å². The van der Waals surface area contributed by atoms with E-state index in [1.165, 1.54) is 11.8 Å². The van der Waals surface area contributed by atoms with E-state index in [9.17, 15) is 4.79 Å². The minimum Gasteiger partial charge on any atom is -0.478 e. The fourth-order valence-corrected chi connectivity index (χ4v) is 2.53. The van der Waals surface area contributed by atoms with Crippen molar-refractivity contribution in [2.75, 3.05) is 0 Å². The van der Waals surface area contributed by atoms with Crippen molar-refractivity contribution in [3.8, 4) is 0 Å². The summed E-state index contributed by atoms with van der Waals surface area (Å²) in [4.78, 5) is 13.6. The van der Waals surface area contributed by atoms with E-state index in [0.29, 0.717) is 0 Å². The average Bonchev–Trinajstić information content (AvgIpc) is 2.33. The molecule has 0 aromatic heterocycles. The second kappa shape index (κ2) is 7.26. The van der Waals surface area contributed by atoms with Crippen LogP contribution in [0, 0.1) is 0 Å². The molecule has 5 heteroatoms. The molecular weight excluding hydrogens is 275 g/mol. The maximum Gasteiger partial charge on any atom is 1.00 e. The van der Waals surface area contributed by atoms with Gasteiger partial charge >= 0.3 is 35.5 Å². The van der Waals surface area contributed by atoms with Crippen LogP contribution >= 0.6 is 24.4 Å². The molecule has 2 nitrogen and oxygen atoms in total. The first-order valence-corrected chi connectivity index (χ1v) is 6.22. The van der Waals surface area contributed by atoms with Gasteiger partial charge < -0.3 is 5.11 Å². The summed E-state index contributed by atoms with van der Waals surface area (Å²) in [5, 5.41) is 8.93. The standard InChI is InChI=1S/C13H10O2S2.Na/c14-13(15)9-6-7-11(16)12(8-9)17-10-4-2-1-3-5-10;/h1-8,16H,(H,14,15);/q;+1. The van der Waals surface area contributed by atoms with Crippen LogP contribution in [-0.4, -0.2) is 11.1 Å². The van der Waals surface area contributed by atoms with Crippen molar-refractivity contribution in [2.45, 2.75) is 14.7 Å². The Bertz CT molecular complexity index is 544.